The molecule has 0 aromatic carbocycles. The van der Waals surface area contributed by atoms with Crippen LogP contribution in [-0.2, 0) is 4.79 Å². The van der Waals surface area contributed by atoms with Gasteiger partial charge in [-0.1, -0.05) is 25.4 Å². The minimum atomic E-state index is -0.768. The molecule has 0 aromatic rings. The third-order valence-corrected chi connectivity index (χ3v) is 5.19. The summed E-state index contributed by atoms with van der Waals surface area (Å²) in [5.74, 6) is 1.28. The molecule has 0 unspecified atom stereocenters. The van der Waals surface area contributed by atoms with E-state index >= 15 is 0 Å². The lowest BCUT2D eigenvalue weighted by atomic mass is 9.61. The monoisotopic (exact) mass is 281 g/mol. The number of hydrogen-bond acceptors (Lipinski definition) is 3. The third-order valence-electron chi connectivity index (χ3n) is 5.19. The summed E-state index contributed by atoms with van der Waals surface area (Å²) < 4.78 is 0. The van der Waals surface area contributed by atoms with Crippen LogP contribution in [0.5, 0.6) is 0 Å². The number of nitrogens with two attached hydrogens (primary N) is 1. The summed E-state index contributed by atoms with van der Waals surface area (Å²) >= 11 is 0. The van der Waals surface area contributed by atoms with Gasteiger partial charge in [0.2, 0.25) is 5.91 Å². The van der Waals surface area contributed by atoms with E-state index in [-0.39, 0.29) is 17.8 Å². The molecular formula is C15H27N3O2. The molecule has 0 atom stereocenters. The molecule has 0 spiro atoms. The summed E-state index contributed by atoms with van der Waals surface area (Å²) in [4.78, 5) is 12.5. The summed E-state index contributed by atoms with van der Waals surface area (Å²) in [6, 6.07) is 0.254. The summed E-state index contributed by atoms with van der Waals surface area (Å²) in [5.41, 5.74) is 5.00. The Balaban J connectivity index is 1.94. The molecule has 5 nitrogen and oxygen atoms in total. The molecule has 0 heterocycles. The molecule has 0 aromatic heterocycles. The highest BCUT2D eigenvalue weighted by Gasteiger charge is 2.52. The van der Waals surface area contributed by atoms with E-state index in [2.05, 4.69) is 24.3 Å². The number of hydrogen-bond donors (Lipinski definition) is 3. The Labute approximate surface area is 121 Å². The van der Waals surface area contributed by atoms with E-state index in [1.54, 1.807) is 0 Å². The number of nitrogens with zero attached hydrogens (tertiary/aromatic N) is 1. The van der Waals surface area contributed by atoms with E-state index in [9.17, 15) is 4.79 Å². The van der Waals surface area contributed by atoms with Gasteiger partial charge in [0.25, 0.3) is 0 Å². The Bertz CT molecular complexity index is 381. The Morgan fingerprint density at radius 1 is 1.35 bits per heavy atom. The van der Waals surface area contributed by atoms with Gasteiger partial charge in [0.1, 0.15) is 5.41 Å². The first-order valence-corrected chi connectivity index (χ1v) is 7.80. The minimum absolute atomic E-state index is 0.0501. The average Bonchev–Trinajstić information content (AvgIpc) is 2.43. The second-order valence-corrected chi connectivity index (χ2v) is 6.68. The molecule has 4 N–H and O–H groups in total. The molecule has 0 aliphatic heterocycles. The van der Waals surface area contributed by atoms with Crippen molar-refractivity contribution in [2.75, 3.05) is 0 Å². The molecule has 2 rings (SSSR count). The van der Waals surface area contributed by atoms with Crippen LogP contribution in [-0.4, -0.2) is 23.0 Å². The average molecular weight is 281 g/mol. The van der Waals surface area contributed by atoms with Gasteiger partial charge < -0.3 is 16.3 Å². The van der Waals surface area contributed by atoms with Gasteiger partial charge in [0.05, 0.1) is 0 Å². The van der Waals surface area contributed by atoms with E-state index in [0.29, 0.717) is 18.8 Å². The summed E-state index contributed by atoms with van der Waals surface area (Å²) in [7, 11) is 0. The standard InChI is InChI=1S/C15H27N3O2/c1-3-11-4-6-12(7-5-11)17-14(19)15(13(16)18-20)8-10(2)9-15/h10-12,20H,3-9H2,1-2H3,(H2,16,18)(H,17,19). The summed E-state index contributed by atoms with van der Waals surface area (Å²) in [6.45, 7) is 4.31. The first-order chi connectivity index (χ1) is 9.51. The van der Waals surface area contributed by atoms with Crippen LogP contribution in [0.1, 0.15) is 58.8 Å². The molecule has 2 aliphatic carbocycles. The second kappa shape index (κ2) is 6.02. The SMILES string of the molecule is CCC1CCC(NC(=O)C2(C(N)=NO)CC(C)C2)CC1. The second-order valence-electron chi connectivity index (χ2n) is 6.68. The van der Waals surface area contributed by atoms with Crippen LogP contribution in [0.15, 0.2) is 5.16 Å². The predicted molar refractivity (Wildman–Crippen MR) is 78.4 cm³/mol. The van der Waals surface area contributed by atoms with E-state index in [1.807, 2.05) is 0 Å². The lowest BCUT2D eigenvalue weighted by Crippen LogP contribution is -2.58. The van der Waals surface area contributed by atoms with Crippen LogP contribution < -0.4 is 11.1 Å². The van der Waals surface area contributed by atoms with E-state index in [1.165, 1.54) is 19.3 Å². The fourth-order valence-corrected chi connectivity index (χ4v) is 3.78. The highest BCUT2D eigenvalue weighted by atomic mass is 16.4. The quantitative estimate of drug-likeness (QED) is 0.319. The molecule has 0 radical (unpaired) electrons. The van der Waals surface area contributed by atoms with Gasteiger partial charge in [-0.2, -0.15) is 0 Å². The number of rotatable bonds is 4. The topological polar surface area (TPSA) is 87.7 Å². The molecular weight excluding hydrogens is 254 g/mol. The smallest absolute Gasteiger partial charge is 0.234 e. The zero-order valence-corrected chi connectivity index (χ0v) is 12.6. The van der Waals surface area contributed by atoms with E-state index in [4.69, 9.17) is 10.9 Å². The Morgan fingerprint density at radius 2 is 1.95 bits per heavy atom. The van der Waals surface area contributed by atoms with Crippen molar-refractivity contribution in [2.45, 2.75) is 64.8 Å². The molecule has 20 heavy (non-hydrogen) atoms. The van der Waals surface area contributed by atoms with Crippen LogP contribution in [0.4, 0.5) is 0 Å². The number of carbonyl (C=O) groups is 1. The zero-order valence-electron chi connectivity index (χ0n) is 12.6. The van der Waals surface area contributed by atoms with Crippen molar-refractivity contribution < 1.29 is 10.0 Å². The Kier molecular flexibility index (Phi) is 4.55. The van der Waals surface area contributed by atoms with Gasteiger partial charge in [-0.25, -0.2) is 0 Å². The zero-order chi connectivity index (χ0) is 14.8. The maximum atomic E-state index is 12.5. The Morgan fingerprint density at radius 3 is 2.40 bits per heavy atom. The number of amidine groups is 1. The first kappa shape index (κ1) is 15.1. The fraction of sp³-hybridized carbons (Fsp3) is 0.867. The molecule has 5 heteroatoms. The minimum Gasteiger partial charge on any atom is -0.409 e. The third kappa shape index (κ3) is 2.76. The molecule has 0 saturated heterocycles. The van der Waals surface area contributed by atoms with Gasteiger partial charge in [-0.15, -0.1) is 0 Å². The van der Waals surface area contributed by atoms with E-state index in [0.717, 1.165) is 18.8 Å². The number of amides is 1. The van der Waals surface area contributed by atoms with Crippen LogP contribution in [0.25, 0.3) is 0 Å². The normalized spacial score (nSPS) is 38.1. The first-order valence-electron chi connectivity index (χ1n) is 7.80. The van der Waals surface area contributed by atoms with Crippen LogP contribution in [0, 0.1) is 17.3 Å². The van der Waals surface area contributed by atoms with E-state index < -0.39 is 5.41 Å². The molecule has 114 valence electrons. The van der Waals surface area contributed by atoms with Gasteiger partial charge in [-0.05, 0) is 50.4 Å². The van der Waals surface area contributed by atoms with Gasteiger partial charge in [-0.3, -0.25) is 4.79 Å². The van der Waals surface area contributed by atoms with Gasteiger partial charge in [0, 0.05) is 6.04 Å². The van der Waals surface area contributed by atoms with Crippen molar-refractivity contribution in [1.29, 1.82) is 0 Å². The summed E-state index contributed by atoms with van der Waals surface area (Å²) in [6.07, 6.45) is 7.06. The van der Waals surface area contributed by atoms with Gasteiger partial charge in [0.15, 0.2) is 5.84 Å². The molecule has 0 bridgehead atoms. The van der Waals surface area contributed by atoms with Crippen molar-refractivity contribution in [3.63, 3.8) is 0 Å². The molecule has 1 amide bonds. The summed E-state index contributed by atoms with van der Waals surface area (Å²) in [5, 5.41) is 15.1. The highest BCUT2D eigenvalue weighted by molar-refractivity contribution is 6.07. The number of nitrogens with one attached hydrogen (secondary N) is 1. The number of carbonyl (C=O) groups excluding carboxylic acids is 1. The van der Waals surface area contributed by atoms with Crippen molar-refractivity contribution in [3.05, 3.63) is 0 Å². The van der Waals surface area contributed by atoms with Crippen molar-refractivity contribution >= 4 is 11.7 Å². The van der Waals surface area contributed by atoms with Crippen LogP contribution in [0.3, 0.4) is 0 Å². The maximum Gasteiger partial charge on any atom is 0.234 e. The Hall–Kier alpha value is -1.26. The molecule has 2 fully saturated rings. The van der Waals surface area contributed by atoms with Crippen LogP contribution in [0.2, 0.25) is 0 Å². The number of oxime groups is 1. The highest BCUT2D eigenvalue weighted by Crippen LogP contribution is 2.46. The van der Waals surface area contributed by atoms with Gasteiger partial charge >= 0.3 is 0 Å². The maximum absolute atomic E-state index is 12.5. The molecule has 2 saturated carbocycles. The fourth-order valence-electron chi connectivity index (χ4n) is 3.78. The van der Waals surface area contributed by atoms with Crippen molar-refractivity contribution in [3.8, 4) is 0 Å². The van der Waals surface area contributed by atoms with Crippen molar-refractivity contribution in [1.82, 2.24) is 5.32 Å². The lowest BCUT2D eigenvalue weighted by Gasteiger charge is -2.44. The van der Waals surface area contributed by atoms with Crippen LogP contribution >= 0.6 is 0 Å². The largest absolute Gasteiger partial charge is 0.409 e. The molecule has 2 aliphatic rings. The predicted octanol–water partition coefficient (Wildman–Crippen LogP) is 2.23. The lowest BCUT2D eigenvalue weighted by molar-refractivity contribution is -0.134. The van der Waals surface area contributed by atoms with Crippen molar-refractivity contribution in [2.24, 2.45) is 28.1 Å².